The van der Waals surface area contributed by atoms with Crippen molar-refractivity contribution in [2.75, 3.05) is 21.6 Å². The van der Waals surface area contributed by atoms with Gasteiger partial charge in [0.2, 0.25) is 21.1 Å². The van der Waals surface area contributed by atoms with E-state index in [0.29, 0.717) is 23.2 Å². The second kappa shape index (κ2) is 9.90. The molecule has 0 spiro atoms. The molecule has 0 fully saturated rings. The van der Waals surface area contributed by atoms with Crippen LogP contribution < -0.4 is 9.62 Å². The van der Waals surface area contributed by atoms with Crippen molar-refractivity contribution in [3.05, 3.63) is 29.3 Å². The van der Waals surface area contributed by atoms with E-state index in [0.717, 1.165) is 27.5 Å². The summed E-state index contributed by atoms with van der Waals surface area (Å²) in [6.45, 7) is 9.90. The van der Waals surface area contributed by atoms with E-state index >= 15 is 0 Å². The monoisotopic (exact) mass is 456 g/mol. The molecule has 1 aromatic carbocycles. The Morgan fingerprint density at radius 3 is 2.48 bits per heavy atom. The number of thioether (sulfide) groups is 1. The summed E-state index contributed by atoms with van der Waals surface area (Å²) in [6, 6.07) is 4.49. The van der Waals surface area contributed by atoms with Crippen LogP contribution in [-0.4, -0.2) is 42.6 Å². The summed E-state index contributed by atoms with van der Waals surface area (Å²) >= 11 is 2.88. The van der Waals surface area contributed by atoms with Crippen molar-refractivity contribution >= 4 is 49.8 Å². The quantitative estimate of drug-likeness (QED) is 0.451. The lowest BCUT2D eigenvalue weighted by Crippen LogP contribution is -2.47. The molecule has 10 heteroatoms. The largest absolute Gasteiger partial charge is 0.299 e. The zero-order valence-electron chi connectivity index (χ0n) is 17.6. The normalized spacial score (nSPS) is 12.8. The Kier molecular flexibility index (Phi) is 8.07. The Morgan fingerprint density at radius 2 is 1.93 bits per heavy atom. The molecule has 0 aliphatic carbocycles. The maximum atomic E-state index is 12.9. The predicted octanol–water partition coefficient (Wildman–Crippen LogP) is 4.09. The molecule has 1 heterocycles. The number of aromatic nitrogens is 2. The lowest BCUT2D eigenvalue weighted by atomic mass is 10.1. The van der Waals surface area contributed by atoms with Crippen molar-refractivity contribution in [2.24, 2.45) is 5.92 Å². The summed E-state index contributed by atoms with van der Waals surface area (Å²) in [4.78, 5) is 12.9. The van der Waals surface area contributed by atoms with Crippen molar-refractivity contribution in [1.82, 2.24) is 10.2 Å². The van der Waals surface area contributed by atoms with E-state index in [4.69, 9.17) is 0 Å². The van der Waals surface area contributed by atoms with Crippen LogP contribution in [0.3, 0.4) is 0 Å². The van der Waals surface area contributed by atoms with Gasteiger partial charge in [0.25, 0.3) is 0 Å². The van der Waals surface area contributed by atoms with Gasteiger partial charge in [-0.1, -0.05) is 49.9 Å². The van der Waals surface area contributed by atoms with Gasteiger partial charge in [-0.05, 0) is 49.4 Å². The van der Waals surface area contributed by atoms with Crippen molar-refractivity contribution in [3.63, 3.8) is 0 Å². The van der Waals surface area contributed by atoms with Crippen molar-refractivity contribution in [1.29, 1.82) is 0 Å². The number of rotatable bonds is 9. The molecular weight excluding hydrogens is 428 g/mol. The summed E-state index contributed by atoms with van der Waals surface area (Å²) in [5.41, 5.74) is 2.49. The maximum Gasteiger partial charge on any atom is 0.250 e. The van der Waals surface area contributed by atoms with E-state index in [1.165, 1.54) is 15.6 Å². The first-order valence-corrected chi connectivity index (χ1v) is 13.0. The second-order valence-electron chi connectivity index (χ2n) is 7.32. The number of benzene rings is 1. The average molecular weight is 457 g/mol. The number of nitrogens with zero attached hydrogens (tertiary/aromatic N) is 3. The number of aryl methyl sites for hydroxylation is 2. The first-order valence-electron chi connectivity index (χ1n) is 9.36. The summed E-state index contributed by atoms with van der Waals surface area (Å²) in [5.74, 6) is 1.01. The highest BCUT2D eigenvalue weighted by Gasteiger charge is 2.32. The molecule has 2 rings (SSSR count). The molecule has 1 N–H and O–H groups in total. The zero-order valence-corrected chi connectivity index (χ0v) is 20.0. The number of nitrogens with one attached hydrogen (secondary N) is 1. The van der Waals surface area contributed by atoms with Crippen LogP contribution in [-0.2, 0) is 14.8 Å². The molecule has 0 aliphatic heterocycles. The van der Waals surface area contributed by atoms with E-state index in [1.807, 2.05) is 19.9 Å². The van der Waals surface area contributed by atoms with Crippen molar-refractivity contribution in [3.8, 4) is 0 Å². The van der Waals surface area contributed by atoms with Crippen molar-refractivity contribution in [2.45, 2.75) is 51.4 Å². The van der Waals surface area contributed by atoms with Gasteiger partial charge in [-0.2, -0.15) is 0 Å². The van der Waals surface area contributed by atoms with Crippen LogP contribution in [0.1, 0.15) is 38.3 Å². The van der Waals surface area contributed by atoms with Crippen LogP contribution in [0, 0.1) is 19.8 Å². The molecule has 1 aromatic heterocycles. The number of amides is 1. The zero-order chi connectivity index (χ0) is 21.8. The van der Waals surface area contributed by atoms with Crippen LogP contribution in [0.25, 0.3) is 0 Å². The SMILES string of the molecule is CCC(C(=O)Nc1nnc(SCC(C)C)s1)N(c1ccc(C)c(C)c1)S(C)(=O)=O. The number of anilines is 2. The van der Waals surface area contributed by atoms with Gasteiger partial charge in [0.15, 0.2) is 4.34 Å². The topological polar surface area (TPSA) is 92.3 Å². The first kappa shape index (κ1) is 23.6. The van der Waals surface area contributed by atoms with Crippen molar-refractivity contribution < 1.29 is 13.2 Å². The van der Waals surface area contributed by atoms with Crippen LogP contribution in [0.15, 0.2) is 22.5 Å². The number of sulfonamides is 1. The average Bonchev–Trinajstić information content (AvgIpc) is 3.06. The predicted molar refractivity (Wildman–Crippen MR) is 121 cm³/mol. The lowest BCUT2D eigenvalue weighted by molar-refractivity contribution is -0.117. The van der Waals surface area contributed by atoms with Gasteiger partial charge in [0.05, 0.1) is 11.9 Å². The molecule has 1 atom stereocenters. The minimum absolute atomic E-state index is 0.319. The van der Waals surface area contributed by atoms with Gasteiger partial charge in [0.1, 0.15) is 6.04 Å². The van der Waals surface area contributed by atoms with Crippen LogP contribution in [0.5, 0.6) is 0 Å². The van der Waals surface area contributed by atoms with Gasteiger partial charge < -0.3 is 0 Å². The molecule has 0 bridgehead atoms. The third kappa shape index (κ3) is 6.42. The van der Waals surface area contributed by atoms with E-state index in [9.17, 15) is 13.2 Å². The molecule has 1 amide bonds. The van der Waals surface area contributed by atoms with Gasteiger partial charge in [0, 0.05) is 5.75 Å². The highest BCUT2D eigenvalue weighted by atomic mass is 32.2. The molecule has 29 heavy (non-hydrogen) atoms. The molecule has 0 saturated heterocycles. The van der Waals surface area contributed by atoms with Crippen LogP contribution in [0.2, 0.25) is 0 Å². The van der Waals surface area contributed by atoms with Crippen LogP contribution >= 0.6 is 23.1 Å². The fourth-order valence-electron chi connectivity index (χ4n) is 2.67. The third-order valence-corrected chi connectivity index (χ3v) is 7.83. The molecule has 2 aromatic rings. The molecule has 160 valence electrons. The van der Waals surface area contributed by atoms with E-state index in [-0.39, 0.29) is 0 Å². The Hall–Kier alpha value is -1.65. The highest BCUT2D eigenvalue weighted by molar-refractivity contribution is 8.01. The third-order valence-electron chi connectivity index (χ3n) is 4.25. The first-order chi connectivity index (χ1) is 13.5. The summed E-state index contributed by atoms with van der Waals surface area (Å²) in [5, 5.41) is 11.2. The Labute approximate surface area is 181 Å². The minimum atomic E-state index is -3.67. The Morgan fingerprint density at radius 1 is 1.24 bits per heavy atom. The van der Waals surface area contributed by atoms with Crippen LogP contribution in [0.4, 0.5) is 10.8 Å². The van der Waals surface area contributed by atoms with Gasteiger partial charge in [-0.25, -0.2) is 8.42 Å². The maximum absolute atomic E-state index is 12.9. The molecular formula is C19H28N4O3S3. The van der Waals surface area contributed by atoms with E-state index < -0.39 is 22.0 Å². The van der Waals surface area contributed by atoms with E-state index in [2.05, 4.69) is 29.4 Å². The van der Waals surface area contributed by atoms with Gasteiger partial charge >= 0.3 is 0 Å². The van der Waals surface area contributed by atoms with Gasteiger partial charge in [-0.15, -0.1) is 10.2 Å². The smallest absolute Gasteiger partial charge is 0.250 e. The fourth-order valence-corrected chi connectivity index (χ4v) is 5.60. The molecule has 0 aliphatic rings. The molecule has 0 saturated carbocycles. The highest BCUT2D eigenvalue weighted by Crippen LogP contribution is 2.29. The fraction of sp³-hybridized carbons (Fsp3) is 0.526. The standard InChI is InChI=1S/C19H28N4O3S3/c1-7-16(17(24)20-18-21-22-19(28-18)27-11-12(2)3)23(29(6,25)26)15-9-8-13(4)14(5)10-15/h8-10,12,16H,7,11H2,1-6H3,(H,20,21,24). The molecule has 1 unspecified atom stereocenters. The summed E-state index contributed by atoms with van der Waals surface area (Å²) in [6.07, 6.45) is 1.43. The second-order valence-corrected chi connectivity index (χ2v) is 11.4. The summed E-state index contributed by atoms with van der Waals surface area (Å²) < 4.78 is 27.1. The number of carbonyl (C=O) groups excluding carboxylic acids is 1. The number of hydrogen-bond acceptors (Lipinski definition) is 7. The molecule has 0 radical (unpaired) electrons. The Balaban J connectivity index is 2.25. The Bertz CT molecular complexity index is 957. The molecule has 7 nitrogen and oxygen atoms in total. The summed E-state index contributed by atoms with van der Waals surface area (Å²) in [7, 11) is -3.67. The van der Waals surface area contributed by atoms with Gasteiger partial charge in [-0.3, -0.25) is 14.4 Å². The van der Waals surface area contributed by atoms with E-state index in [1.54, 1.807) is 30.8 Å². The number of hydrogen-bond donors (Lipinski definition) is 1. The minimum Gasteiger partial charge on any atom is -0.299 e. The number of carbonyl (C=O) groups is 1. The lowest BCUT2D eigenvalue weighted by Gasteiger charge is -2.30.